The fourth-order valence-electron chi connectivity index (χ4n) is 2.90. The minimum atomic E-state index is -0.206. The minimum Gasteiger partial charge on any atom is -0.342 e. The predicted octanol–water partition coefficient (Wildman–Crippen LogP) is 5.20. The Morgan fingerprint density at radius 3 is 2.68 bits per heavy atom. The summed E-state index contributed by atoms with van der Waals surface area (Å²) in [6.45, 7) is 0. The van der Waals surface area contributed by atoms with E-state index < -0.39 is 0 Å². The molecule has 2 heterocycles. The fourth-order valence-corrected chi connectivity index (χ4v) is 3.07. The molecule has 0 atom stereocenters. The number of aryl methyl sites for hydroxylation is 2. The lowest BCUT2D eigenvalue weighted by Gasteiger charge is -2.01. The number of hydrogen-bond donors (Lipinski definition) is 1. The highest BCUT2D eigenvalue weighted by atomic mass is 35.5. The van der Waals surface area contributed by atoms with Crippen molar-refractivity contribution in [3.05, 3.63) is 83.2 Å². The normalized spacial score (nSPS) is 11.1. The molecule has 5 heteroatoms. The van der Waals surface area contributed by atoms with Crippen LogP contribution in [0.5, 0.6) is 0 Å². The Morgan fingerprint density at radius 1 is 0.960 bits per heavy atom. The van der Waals surface area contributed by atoms with Crippen molar-refractivity contribution in [2.24, 2.45) is 0 Å². The van der Waals surface area contributed by atoms with Crippen molar-refractivity contribution >= 4 is 22.6 Å². The third kappa shape index (κ3) is 3.54. The molecular formula is C20H15ClFN3. The molecule has 0 aliphatic carbocycles. The van der Waals surface area contributed by atoms with Gasteiger partial charge in [-0.25, -0.2) is 14.4 Å². The lowest BCUT2D eigenvalue weighted by molar-refractivity contribution is 0.625. The molecule has 0 aliphatic rings. The van der Waals surface area contributed by atoms with Crippen LogP contribution in [0, 0.1) is 5.82 Å². The maximum atomic E-state index is 13.3. The standard InChI is InChI=1S/C20H15ClFN3/c21-19-12-15(8-9-23-19)14-5-6-17-18(11-14)25-20(24-17)7-4-13-2-1-3-16(22)10-13/h1-3,5-6,8-12H,4,7H2,(H,24,25). The Morgan fingerprint density at radius 2 is 1.84 bits per heavy atom. The molecule has 0 spiro atoms. The summed E-state index contributed by atoms with van der Waals surface area (Å²) in [5, 5.41) is 0.470. The van der Waals surface area contributed by atoms with Gasteiger partial charge in [-0.3, -0.25) is 0 Å². The fraction of sp³-hybridized carbons (Fsp3) is 0.100. The maximum Gasteiger partial charge on any atom is 0.129 e. The van der Waals surface area contributed by atoms with E-state index in [1.165, 1.54) is 6.07 Å². The first kappa shape index (κ1) is 15.8. The van der Waals surface area contributed by atoms with Gasteiger partial charge < -0.3 is 4.98 Å². The van der Waals surface area contributed by atoms with Crippen molar-refractivity contribution in [2.75, 3.05) is 0 Å². The Balaban J connectivity index is 1.58. The minimum absolute atomic E-state index is 0.206. The summed E-state index contributed by atoms with van der Waals surface area (Å²) < 4.78 is 13.3. The number of H-pyrrole nitrogens is 1. The molecule has 0 fully saturated rings. The number of imidazole rings is 1. The van der Waals surface area contributed by atoms with Gasteiger partial charge in [0.1, 0.15) is 16.8 Å². The number of aromatic amines is 1. The van der Waals surface area contributed by atoms with E-state index in [2.05, 4.69) is 21.0 Å². The number of halogens is 2. The Kier molecular flexibility index (Phi) is 4.20. The lowest BCUT2D eigenvalue weighted by atomic mass is 10.1. The molecule has 124 valence electrons. The highest BCUT2D eigenvalue weighted by Gasteiger charge is 2.06. The average Bonchev–Trinajstić information content (AvgIpc) is 3.02. The number of nitrogens with one attached hydrogen (secondary N) is 1. The van der Waals surface area contributed by atoms with Gasteiger partial charge in [-0.2, -0.15) is 0 Å². The summed E-state index contributed by atoms with van der Waals surface area (Å²) in [5.41, 5.74) is 4.92. The molecule has 2 aromatic carbocycles. The van der Waals surface area contributed by atoms with Gasteiger partial charge in [0.2, 0.25) is 0 Å². The smallest absolute Gasteiger partial charge is 0.129 e. The van der Waals surface area contributed by atoms with E-state index in [1.807, 2.05) is 30.3 Å². The number of hydrogen-bond acceptors (Lipinski definition) is 2. The third-order valence-electron chi connectivity index (χ3n) is 4.13. The summed E-state index contributed by atoms with van der Waals surface area (Å²) in [4.78, 5) is 12.0. The van der Waals surface area contributed by atoms with Crippen molar-refractivity contribution in [3.8, 4) is 11.1 Å². The molecular weight excluding hydrogens is 337 g/mol. The van der Waals surface area contributed by atoms with Crippen LogP contribution in [0.4, 0.5) is 4.39 Å². The topological polar surface area (TPSA) is 41.6 Å². The second-order valence-corrected chi connectivity index (χ2v) is 6.30. The molecule has 4 rings (SSSR count). The molecule has 0 radical (unpaired) electrons. The quantitative estimate of drug-likeness (QED) is 0.513. The second-order valence-electron chi connectivity index (χ2n) is 5.91. The van der Waals surface area contributed by atoms with E-state index in [4.69, 9.17) is 11.6 Å². The molecule has 0 unspecified atom stereocenters. The molecule has 0 amide bonds. The van der Waals surface area contributed by atoms with Gasteiger partial charge in [0.15, 0.2) is 0 Å². The summed E-state index contributed by atoms with van der Waals surface area (Å²) in [6.07, 6.45) is 3.16. The molecule has 0 bridgehead atoms. The lowest BCUT2D eigenvalue weighted by Crippen LogP contribution is -1.93. The summed E-state index contributed by atoms with van der Waals surface area (Å²) in [7, 11) is 0. The van der Waals surface area contributed by atoms with Crippen LogP contribution in [0.15, 0.2) is 60.8 Å². The number of nitrogens with zero attached hydrogens (tertiary/aromatic N) is 2. The van der Waals surface area contributed by atoms with Crippen molar-refractivity contribution in [1.82, 2.24) is 15.0 Å². The van der Waals surface area contributed by atoms with E-state index in [0.717, 1.165) is 46.4 Å². The van der Waals surface area contributed by atoms with Gasteiger partial charge in [0.05, 0.1) is 11.0 Å². The summed E-state index contributed by atoms with van der Waals surface area (Å²) in [5.74, 6) is 0.687. The molecule has 0 saturated carbocycles. The van der Waals surface area contributed by atoms with Crippen LogP contribution in [-0.4, -0.2) is 15.0 Å². The van der Waals surface area contributed by atoms with Crippen molar-refractivity contribution in [1.29, 1.82) is 0 Å². The van der Waals surface area contributed by atoms with Gasteiger partial charge in [0.25, 0.3) is 0 Å². The van der Waals surface area contributed by atoms with Crippen LogP contribution in [0.1, 0.15) is 11.4 Å². The van der Waals surface area contributed by atoms with Crippen molar-refractivity contribution in [3.63, 3.8) is 0 Å². The van der Waals surface area contributed by atoms with Gasteiger partial charge >= 0.3 is 0 Å². The molecule has 25 heavy (non-hydrogen) atoms. The molecule has 2 aromatic heterocycles. The molecule has 4 aromatic rings. The number of rotatable bonds is 4. The third-order valence-corrected chi connectivity index (χ3v) is 4.34. The Bertz CT molecular complexity index is 1040. The zero-order valence-electron chi connectivity index (χ0n) is 13.3. The summed E-state index contributed by atoms with van der Waals surface area (Å²) in [6, 6.07) is 16.5. The molecule has 3 nitrogen and oxygen atoms in total. The second kappa shape index (κ2) is 6.65. The van der Waals surface area contributed by atoms with E-state index in [0.29, 0.717) is 5.15 Å². The van der Waals surface area contributed by atoms with Crippen LogP contribution in [0.2, 0.25) is 5.15 Å². The monoisotopic (exact) mass is 351 g/mol. The maximum absolute atomic E-state index is 13.3. The van der Waals surface area contributed by atoms with Crippen LogP contribution in [0.25, 0.3) is 22.2 Å². The highest BCUT2D eigenvalue weighted by Crippen LogP contribution is 2.25. The van der Waals surface area contributed by atoms with E-state index in [-0.39, 0.29) is 5.82 Å². The van der Waals surface area contributed by atoms with E-state index >= 15 is 0 Å². The number of fused-ring (bicyclic) bond motifs is 1. The van der Waals surface area contributed by atoms with Crippen molar-refractivity contribution in [2.45, 2.75) is 12.8 Å². The summed E-state index contributed by atoms with van der Waals surface area (Å²) >= 11 is 5.97. The predicted molar refractivity (Wildman–Crippen MR) is 98.1 cm³/mol. The van der Waals surface area contributed by atoms with Crippen molar-refractivity contribution < 1.29 is 4.39 Å². The first-order valence-corrected chi connectivity index (χ1v) is 8.40. The first-order valence-electron chi connectivity index (χ1n) is 8.02. The Labute approximate surface area is 149 Å². The zero-order valence-corrected chi connectivity index (χ0v) is 14.1. The molecule has 0 saturated heterocycles. The number of aromatic nitrogens is 3. The molecule has 0 aliphatic heterocycles. The number of benzene rings is 2. The SMILES string of the molecule is Fc1cccc(CCc2nc3ccc(-c4ccnc(Cl)c4)cc3[nH]2)c1. The highest BCUT2D eigenvalue weighted by molar-refractivity contribution is 6.29. The largest absolute Gasteiger partial charge is 0.342 e. The van der Waals surface area contributed by atoms with Crippen LogP contribution in [-0.2, 0) is 12.8 Å². The van der Waals surface area contributed by atoms with Crippen LogP contribution < -0.4 is 0 Å². The number of pyridine rings is 1. The van der Waals surface area contributed by atoms with Crippen LogP contribution in [0.3, 0.4) is 0 Å². The first-order chi connectivity index (χ1) is 12.2. The van der Waals surface area contributed by atoms with E-state index in [9.17, 15) is 4.39 Å². The van der Waals surface area contributed by atoms with E-state index in [1.54, 1.807) is 18.3 Å². The Hall–Kier alpha value is -2.72. The van der Waals surface area contributed by atoms with Gasteiger partial charge in [-0.15, -0.1) is 0 Å². The van der Waals surface area contributed by atoms with Gasteiger partial charge in [-0.05, 0) is 59.5 Å². The van der Waals surface area contributed by atoms with Gasteiger partial charge in [0, 0.05) is 12.6 Å². The molecule has 1 N–H and O–H groups in total. The van der Waals surface area contributed by atoms with Gasteiger partial charge in [-0.1, -0.05) is 29.8 Å². The van der Waals surface area contributed by atoms with Crippen LogP contribution >= 0.6 is 11.6 Å². The average molecular weight is 352 g/mol. The zero-order chi connectivity index (χ0) is 17.2.